The summed E-state index contributed by atoms with van der Waals surface area (Å²) in [5.74, 6) is -0.286. The minimum atomic E-state index is -0.286. The van der Waals surface area contributed by atoms with Gasteiger partial charge in [-0.1, -0.05) is 42.5 Å². The van der Waals surface area contributed by atoms with Crippen molar-refractivity contribution in [3.63, 3.8) is 0 Å². The summed E-state index contributed by atoms with van der Waals surface area (Å²) in [6.07, 6.45) is 2.15. The molecule has 0 aliphatic rings. The van der Waals surface area contributed by atoms with E-state index in [0.717, 1.165) is 11.3 Å². The summed E-state index contributed by atoms with van der Waals surface area (Å²) < 4.78 is 0. The number of benzene rings is 1. The molecule has 0 saturated carbocycles. The molecule has 0 atom stereocenters. The van der Waals surface area contributed by atoms with Crippen molar-refractivity contribution in [2.24, 2.45) is 5.73 Å². The van der Waals surface area contributed by atoms with E-state index in [-0.39, 0.29) is 5.91 Å². The number of carbonyl (C=O) groups excluding carboxylic acids is 1. The second-order valence-electron chi connectivity index (χ2n) is 4.32. The van der Waals surface area contributed by atoms with Gasteiger partial charge in [0.15, 0.2) is 0 Å². The third kappa shape index (κ3) is 5.20. The predicted molar refractivity (Wildman–Crippen MR) is 86.9 cm³/mol. The summed E-state index contributed by atoms with van der Waals surface area (Å²) in [5, 5.41) is 2.06. The van der Waals surface area contributed by atoms with Gasteiger partial charge in [-0.25, -0.2) is 0 Å². The zero-order chi connectivity index (χ0) is 14.9. The number of rotatable bonds is 3. The minimum Gasteiger partial charge on any atom is -0.369 e. The van der Waals surface area contributed by atoms with Crippen LogP contribution >= 0.6 is 11.3 Å². The van der Waals surface area contributed by atoms with Crippen molar-refractivity contribution in [3.8, 4) is 10.6 Å². The first kappa shape index (κ1) is 14.9. The minimum absolute atomic E-state index is 0.286. The first-order valence-corrected chi connectivity index (χ1v) is 7.41. The van der Waals surface area contributed by atoms with Gasteiger partial charge in [0.2, 0.25) is 5.91 Å². The second kappa shape index (κ2) is 7.97. The SMILES string of the molecule is NC(=O)Cc1ccccc1.c1ccc(-c2cccs2)nc1. The van der Waals surface area contributed by atoms with Gasteiger partial charge in [0.05, 0.1) is 17.0 Å². The van der Waals surface area contributed by atoms with E-state index in [1.165, 1.54) is 4.88 Å². The molecule has 0 radical (unpaired) electrons. The van der Waals surface area contributed by atoms with E-state index in [9.17, 15) is 4.79 Å². The van der Waals surface area contributed by atoms with Gasteiger partial charge in [-0.15, -0.1) is 11.3 Å². The molecule has 3 rings (SSSR count). The molecule has 0 spiro atoms. The third-order valence-electron chi connectivity index (χ3n) is 2.66. The van der Waals surface area contributed by atoms with Crippen LogP contribution in [0.2, 0.25) is 0 Å². The topological polar surface area (TPSA) is 56.0 Å². The van der Waals surface area contributed by atoms with Crippen molar-refractivity contribution >= 4 is 17.2 Å². The summed E-state index contributed by atoms with van der Waals surface area (Å²) in [6.45, 7) is 0. The Morgan fingerprint density at radius 3 is 2.33 bits per heavy atom. The number of hydrogen-bond donors (Lipinski definition) is 1. The van der Waals surface area contributed by atoms with Gasteiger partial charge in [-0.05, 0) is 29.1 Å². The molecule has 21 heavy (non-hydrogen) atoms. The van der Waals surface area contributed by atoms with Crippen molar-refractivity contribution < 1.29 is 4.79 Å². The van der Waals surface area contributed by atoms with E-state index in [0.29, 0.717) is 6.42 Å². The second-order valence-corrected chi connectivity index (χ2v) is 5.27. The summed E-state index contributed by atoms with van der Waals surface area (Å²) in [7, 11) is 0. The summed E-state index contributed by atoms with van der Waals surface area (Å²) in [5.41, 5.74) is 7.01. The van der Waals surface area contributed by atoms with Gasteiger partial charge in [-0.3, -0.25) is 9.78 Å². The van der Waals surface area contributed by atoms with Gasteiger partial charge in [-0.2, -0.15) is 0 Å². The van der Waals surface area contributed by atoms with Crippen LogP contribution in [0.4, 0.5) is 0 Å². The molecule has 2 N–H and O–H groups in total. The maximum atomic E-state index is 10.4. The fourth-order valence-electron chi connectivity index (χ4n) is 1.73. The molecular weight excluding hydrogens is 280 g/mol. The molecule has 2 aromatic heterocycles. The monoisotopic (exact) mass is 296 g/mol. The van der Waals surface area contributed by atoms with E-state index in [4.69, 9.17) is 5.73 Å². The molecule has 0 bridgehead atoms. The van der Waals surface area contributed by atoms with Crippen LogP contribution in [0, 0.1) is 0 Å². The van der Waals surface area contributed by atoms with Gasteiger partial charge >= 0.3 is 0 Å². The standard InChI is InChI=1S/C9H7NS.C8H9NO/c1-2-6-10-8(4-1)9-5-3-7-11-9;9-8(10)6-7-4-2-1-3-5-7/h1-7H;1-5H,6H2,(H2,9,10). The molecule has 1 aromatic carbocycles. The summed E-state index contributed by atoms with van der Waals surface area (Å²) >= 11 is 1.71. The average molecular weight is 296 g/mol. The third-order valence-corrected chi connectivity index (χ3v) is 3.55. The van der Waals surface area contributed by atoms with Crippen LogP contribution < -0.4 is 5.73 Å². The number of hydrogen-bond acceptors (Lipinski definition) is 3. The van der Waals surface area contributed by atoms with Crippen molar-refractivity contribution in [2.45, 2.75) is 6.42 Å². The zero-order valence-electron chi connectivity index (χ0n) is 11.5. The molecule has 0 saturated heterocycles. The fourth-order valence-corrected chi connectivity index (χ4v) is 2.43. The highest BCUT2D eigenvalue weighted by Crippen LogP contribution is 2.21. The number of amides is 1. The zero-order valence-corrected chi connectivity index (χ0v) is 12.3. The molecule has 106 valence electrons. The Morgan fingerprint density at radius 1 is 1.00 bits per heavy atom. The molecule has 3 nitrogen and oxygen atoms in total. The molecule has 3 aromatic rings. The lowest BCUT2D eigenvalue weighted by Crippen LogP contribution is -2.13. The number of aromatic nitrogens is 1. The quantitative estimate of drug-likeness (QED) is 0.804. The number of pyridine rings is 1. The Balaban J connectivity index is 0.000000155. The Morgan fingerprint density at radius 2 is 1.76 bits per heavy atom. The average Bonchev–Trinajstić information content (AvgIpc) is 3.03. The van der Waals surface area contributed by atoms with E-state index < -0.39 is 0 Å². The number of nitrogens with zero attached hydrogens (tertiary/aromatic N) is 1. The lowest BCUT2D eigenvalue weighted by molar-refractivity contribution is -0.117. The highest BCUT2D eigenvalue weighted by molar-refractivity contribution is 7.13. The maximum Gasteiger partial charge on any atom is 0.221 e. The Labute approximate surface area is 128 Å². The van der Waals surface area contributed by atoms with Gasteiger partial charge in [0.25, 0.3) is 0 Å². The molecule has 1 amide bonds. The van der Waals surface area contributed by atoms with E-state index in [2.05, 4.69) is 16.4 Å². The van der Waals surface area contributed by atoms with Crippen LogP contribution in [0.1, 0.15) is 5.56 Å². The van der Waals surface area contributed by atoms with Crippen LogP contribution in [-0.2, 0) is 11.2 Å². The highest BCUT2D eigenvalue weighted by Gasteiger charge is 1.96. The lowest BCUT2D eigenvalue weighted by Gasteiger charge is -1.93. The van der Waals surface area contributed by atoms with Crippen molar-refractivity contribution in [1.82, 2.24) is 4.98 Å². The number of nitrogens with two attached hydrogens (primary N) is 1. The Bertz CT molecular complexity index is 652. The Kier molecular flexibility index (Phi) is 5.67. The van der Waals surface area contributed by atoms with Crippen LogP contribution in [-0.4, -0.2) is 10.9 Å². The molecule has 0 unspecified atom stereocenters. The van der Waals surface area contributed by atoms with E-state index in [1.54, 1.807) is 11.3 Å². The van der Waals surface area contributed by atoms with Gasteiger partial charge in [0.1, 0.15) is 0 Å². The first-order valence-electron chi connectivity index (χ1n) is 6.53. The van der Waals surface area contributed by atoms with Gasteiger partial charge in [0, 0.05) is 6.20 Å². The normalized spacial score (nSPS) is 9.52. The molecule has 0 fully saturated rings. The fraction of sp³-hybridized carbons (Fsp3) is 0.0588. The Hall–Kier alpha value is -2.46. The molecule has 4 heteroatoms. The number of primary amides is 1. The van der Waals surface area contributed by atoms with Crippen molar-refractivity contribution in [2.75, 3.05) is 0 Å². The predicted octanol–water partition coefficient (Wildman–Crippen LogP) is 3.52. The number of thiophene rings is 1. The lowest BCUT2D eigenvalue weighted by atomic mass is 10.1. The van der Waals surface area contributed by atoms with Crippen molar-refractivity contribution in [1.29, 1.82) is 0 Å². The van der Waals surface area contributed by atoms with E-state index in [1.807, 2.05) is 60.8 Å². The van der Waals surface area contributed by atoms with Crippen LogP contribution in [0.5, 0.6) is 0 Å². The maximum absolute atomic E-state index is 10.4. The van der Waals surface area contributed by atoms with Crippen molar-refractivity contribution in [3.05, 3.63) is 77.8 Å². The molecular formula is C17H16N2OS. The molecule has 0 aliphatic heterocycles. The summed E-state index contributed by atoms with van der Waals surface area (Å²) in [4.78, 5) is 15.8. The van der Waals surface area contributed by atoms with Gasteiger partial charge < -0.3 is 5.73 Å². The highest BCUT2D eigenvalue weighted by atomic mass is 32.1. The first-order chi connectivity index (χ1) is 10.3. The molecule has 0 aliphatic carbocycles. The van der Waals surface area contributed by atoms with Crippen LogP contribution in [0.25, 0.3) is 10.6 Å². The summed E-state index contributed by atoms with van der Waals surface area (Å²) in [6, 6.07) is 19.5. The van der Waals surface area contributed by atoms with Crippen LogP contribution in [0.3, 0.4) is 0 Å². The number of carbonyl (C=O) groups is 1. The molecule has 2 heterocycles. The largest absolute Gasteiger partial charge is 0.369 e. The van der Waals surface area contributed by atoms with Crippen LogP contribution in [0.15, 0.2) is 72.2 Å². The van der Waals surface area contributed by atoms with E-state index >= 15 is 0 Å². The smallest absolute Gasteiger partial charge is 0.221 e.